The third kappa shape index (κ3) is 70.9. The monoisotopic (exact) mass is 2540 g/mol. The Balaban J connectivity index is -0.000000419. The van der Waals surface area contributed by atoms with Gasteiger partial charge in [0.25, 0.3) is 25.8 Å². The van der Waals surface area contributed by atoms with E-state index in [4.69, 9.17) is 75.8 Å². The number of phosphoric acid groups is 3. The summed E-state index contributed by atoms with van der Waals surface area (Å²) in [5.41, 5.74) is 0. The molecule has 0 aromatic heterocycles. The van der Waals surface area contributed by atoms with Gasteiger partial charge in [-0.2, -0.15) is 0 Å². The van der Waals surface area contributed by atoms with E-state index in [0.717, 1.165) is 209 Å². The second-order valence-corrected chi connectivity index (χ2v) is 142. The summed E-state index contributed by atoms with van der Waals surface area (Å²) in [5, 5.41) is 0. The SMILES string of the molecule is CCC[Si](C)(CCC)OP(=O)(O[Si](CCC)(CCC)CCC)O[Si](CCC)(CCC)CCC.CCC[Si](C)(CCC)OP(O[Si](CCC)(CCC)CCC)O[Si](CCC)(CCC)CCC.CC[Si](CC)(CC)OP(=O)(O[Si](CC)(CC)CC)O[Si](CC)(CC)CC.CC[Si](CC)(CC)OP(O[Si](CC)(CC)CC)O[Si](CC)(CC)CC.C[Si](C)(C)OP(=O)(O[Si](C)(C)C)O[Si](C)(C)C.C[Si](C)(C)OP(O[Si](C)(C)C)O[Si](C)(C)C. The molecule has 45 heteroatoms. The van der Waals surface area contributed by atoms with Gasteiger partial charge in [0, 0.05) is 0 Å². The third-order valence-corrected chi connectivity index (χ3v) is 121. The minimum atomic E-state index is -3.64. The van der Waals surface area contributed by atoms with E-state index < -0.39 is 199 Å². The summed E-state index contributed by atoms with van der Waals surface area (Å²) in [4.78, 5) is 0. The highest BCUT2D eigenvalue weighted by Crippen LogP contribution is 2.64. The van der Waals surface area contributed by atoms with Gasteiger partial charge in [0.1, 0.15) is 0 Å². The molecule has 149 heavy (non-hydrogen) atoms. The molecule has 0 bridgehead atoms. The van der Waals surface area contributed by atoms with Crippen LogP contribution in [0, 0.1) is 0 Å². The minimum Gasteiger partial charge on any atom is -0.356 e. The van der Waals surface area contributed by atoms with Crippen LogP contribution in [0.1, 0.15) is 338 Å². The van der Waals surface area contributed by atoms with Gasteiger partial charge in [0.15, 0.2) is 58.2 Å². The molecule has 0 spiro atoms. The van der Waals surface area contributed by atoms with Gasteiger partial charge in [0.2, 0.25) is 91.5 Å². The van der Waals surface area contributed by atoms with Crippen molar-refractivity contribution in [1.29, 1.82) is 0 Å². The van der Waals surface area contributed by atoms with Crippen molar-refractivity contribution in [2.75, 3.05) is 0 Å². The quantitative estimate of drug-likeness (QED) is 0.0408. The van der Waals surface area contributed by atoms with Gasteiger partial charge >= 0.3 is 23.5 Å². The predicted molar refractivity (Wildman–Crippen MR) is 714 cm³/mol. The standard InChI is InChI=1S/C25H59O4PSi3.C25H59O3PSi3.C18H45O4PSi3.C18H45O3PSi3.C9H27O4PSi3.C9H27O3PSi3/c1-10-18-31(9,19-11-2)27-30(26,28-32(20-12-3,21-13-4)22-14-5)29-33(23-15-6,24-16-7)25-17-8;1-10-18-30(9,19-11-2)26-29(27-31(20-12-3,21-13-4)22-14-5)28-32(23-15-6,24-16-7)25-17-8;1-10-24(11-2,12-3)20-23(19,21-25(13-4,14-5)15-6)22-26(16-7,17-8)18-9;1-10-23(11-2,12-3)19-22(20-24(13-4,14-5)15-6)21-25(16-7,17-8)18-9;1-15(2,3)11-14(10,12-16(4,5)6)13-17(7,8)9;1-14(2,3)10-13(11-15(4,5)6)12-16(7,8)9/h10-25H2,1-9H3;10-25H2,1-9H3;10-18H2,1-9H3;10-18H2,1-9H3;1-9H3;1-9H3. The minimum absolute atomic E-state index is 0.953. The molecular formula is C104H262O21P6Si18. The first-order valence-corrected chi connectivity index (χ1v) is 121. The molecule has 906 valence electrons. The van der Waals surface area contributed by atoms with Crippen molar-refractivity contribution in [2.45, 2.75) is 675 Å². The summed E-state index contributed by atoms with van der Waals surface area (Å²) < 4.78 is 159. The number of hydrogen-bond donors (Lipinski definition) is 0. The van der Waals surface area contributed by atoms with Crippen molar-refractivity contribution in [1.82, 2.24) is 0 Å². The van der Waals surface area contributed by atoms with Crippen LogP contribution in [0.15, 0.2) is 0 Å². The first kappa shape index (κ1) is 165. The summed E-state index contributed by atoms with van der Waals surface area (Å²) in [5.74, 6) is 0. The summed E-state index contributed by atoms with van der Waals surface area (Å²) in [7, 11) is -48.5. The van der Waals surface area contributed by atoms with Gasteiger partial charge in [-0.15, -0.1) is 0 Å². The molecule has 0 fully saturated rings. The second-order valence-electron chi connectivity index (χ2n) is 49.4. The van der Waals surface area contributed by atoms with Crippen molar-refractivity contribution in [3.05, 3.63) is 0 Å². The van der Waals surface area contributed by atoms with E-state index in [9.17, 15) is 13.7 Å². The van der Waals surface area contributed by atoms with Crippen LogP contribution in [0.2, 0.25) is 336 Å². The first-order chi connectivity index (χ1) is 68.8. The molecule has 0 atom stereocenters. The van der Waals surface area contributed by atoms with Crippen LogP contribution in [0.5, 0.6) is 0 Å². The van der Waals surface area contributed by atoms with Crippen molar-refractivity contribution in [3.63, 3.8) is 0 Å². The first-order valence-electron chi connectivity index (χ1n) is 61.6. The van der Waals surface area contributed by atoms with Crippen LogP contribution < -0.4 is 0 Å². The van der Waals surface area contributed by atoms with Gasteiger partial charge in [0.05, 0.1) is 0 Å². The largest absolute Gasteiger partial charge is 0.445 e. The van der Waals surface area contributed by atoms with E-state index in [-0.39, 0.29) is 0 Å². The summed E-state index contributed by atoms with van der Waals surface area (Å²) >= 11 is 0. The molecule has 0 aliphatic carbocycles. The Kier molecular flexibility index (Phi) is 90.5. The average Bonchev–Trinajstić information content (AvgIpc) is 0.873. The predicted octanol–water partition coefficient (Wildman–Crippen LogP) is 47.8. The van der Waals surface area contributed by atoms with Crippen LogP contribution in [-0.2, 0) is 89.5 Å². The molecule has 0 heterocycles. The lowest BCUT2D eigenvalue weighted by molar-refractivity contribution is 0.277. The highest BCUT2D eigenvalue weighted by atomic mass is 31.2. The zero-order valence-electron chi connectivity index (χ0n) is 110. The third-order valence-electron chi connectivity index (χ3n) is 28.9. The Hall–Kier alpha value is 5.16. The highest BCUT2D eigenvalue weighted by molar-refractivity contribution is 7.55. The lowest BCUT2D eigenvalue weighted by atomic mass is 10.6. The van der Waals surface area contributed by atoms with Crippen LogP contribution >= 0.6 is 49.3 Å². The molecular weight excluding hydrogens is 2280 g/mol. The smallest absolute Gasteiger partial charge is 0.356 e. The lowest BCUT2D eigenvalue weighted by Crippen LogP contribution is -2.44. The lowest BCUT2D eigenvalue weighted by Gasteiger charge is -2.42. The second kappa shape index (κ2) is 81.8. The van der Waals surface area contributed by atoms with Gasteiger partial charge in [-0.25, -0.2) is 13.7 Å². The van der Waals surface area contributed by atoms with Crippen molar-refractivity contribution >= 4 is 199 Å². The number of rotatable bonds is 86. The molecule has 0 aliphatic rings. The molecule has 0 N–H and O–H groups in total. The highest BCUT2D eigenvalue weighted by Gasteiger charge is 2.55. The Bertz CT molecular complexity index is 3020. The maximum atomic E-state index is 14.9. The molecule has 0 saturated heterocycles. The zero-order chi connectivity index (χ0) is 117. The Morgan fingerprint density at radius 1 is 0.134 bits per heavy atom. The molecule has 0 rings (SSSR count). The summed E-state index contributed by atoms with van der Waals surface area (Å²) in [6.45, 7) is 119. The fraction of sp³-hybridized carbons (Fsp3) is 1.00. The van der Waals surface area contributed by atoms with E-state index in [2.05, 4.69) is 307 Å². The Labute approximate surface area is 954 Å². The van der Waals surface area contributed by atoms with Crippen molar-refractivity contribution in [3.8, 4) is 0 Å². The molecule has 0 amide bonds. The van der Waals surface area contributed by atoms with Gasteiger partial charge in [-0.1, -0.05) is 338 Å². The Morgan fingerprint density at radius 2 is 0.268 bits per heavy atom. The topological polar surface area (TPSA) is 217 Å². The average molecular weight is 2540 g/mol. The van der Waals surface area contributed by atoms with Crippen LogP contribution in [0.3, 0.4) is 0 Å². The van der Waals surface area contributed by atoms with Gasteiger partial charge in [-0.05, 0) is 336 Å². The van der Waals surface area contributed by atoms with Crippen molar-refractivity contribution < 1.29 is 89.5 Å². The van der Waals surface area contributed by atoms with E-state index in [1.165, 1.54) is 99.7 Å². The molecule has 0 unspecified atom stereocenters. The maximum absolute atomic E-state index is 14.9. The zero-order valence-corrected chi connectivity index (χ0v) is 133. The van der Waals surface area contributed by atoms with E-state index >= 15 is 0 Å². The van der Waals surface area contributed by atoms with Gasteiger partial charge in [-0.3, -0.25) is 0 Å². The fourth-order valence-corrected chi connectivity index (χ4v) is 105. The van der Waals surface area contributed by atoms with Crippen LogP contribution in [0.4, 0.5) is 0 Å². The molecule has 0 aliphatic heterocycles. The van der Waals surface area contributed by atoms with Crippen molar-refractivity contribution in [2.24, 2.45) is 0 Å². The van der Waals surface area contributed by atoms with E-state index in [1.54, 1.807) is 0 Å². The van der Waals surface area contributed by atoms with E-state index in [0.29, 0.717) is 0 Å². The fourth-order valence-electron chi connectivity index (χ4n) is 20.2. The summed E-state index contributed by atoms with van der Waals surface area (Å²) in [6, 6.07) is 37.3. The normalized spacial score (nSPS) is 13.9. The maximum Gasteiger partial charge on any atom is 0.445 e. The van der Waals surface area contributed by atoms with Gasteiger partial charge < -0.3 is 75.8 Å². The van der Waals surface area contributed by atoms with E-state index in [1.807, 2.05) is 58.9 Å². The summed E-state index contributed by atoms with van der Waals surface area (Å²) in [6.07, 6.45) is 18.3. The van der Waals surface area contributed by atoms with Crippen LogP contribution in [-0.4, -0.2) is 150 Å². The van der Waals surface area contributed by atoms with Crippen LogP contribution in [0.25, 0.3) is 0 Å². The molecule has 0 aromatic rings. The molecule has 0 saturated carbocycles. The molecule has 0 aromatic carbocycles. The number of hydrogen-bond acceptors (Lipinski definition) is 21. The Morgan fingerprint density at radius 3 is 0.430 bits per heavy atom. The molecule has 21 nitrogen and oxygen atoms in total. The molecule has 0 radical (unpaired) electrons.